The predicted molar refractivity (Wildman–Crippen MR) is 97.7 cm³/mol. The van der Waals surface area contributed by atoms with Gasteiger partial charge in [-0.3, -0.25) is 10.1 Å². The van der Waals surface area contributed by atoms with Crippen LogP contribution in [0.15, 0.2) is 48.2 Å². The Morgan fingerprint density at radius 2 is 1.71 bits per heavy atom. The Kier molecular flexibility index (Phi) is 5.81. The number of nitrogens with zero attached hydrogens (tertiary/aromatic N) is 1. The van der Waals surface area contributed by atoms with E-state index in [4.69, 9.17) is 0 Å². The maximum absolute atomic E-state index is 10.9. The van der Waals surface area contributed by atoms with Gasteiger partial charge in [-0.05, 0) is 65.5 Å². The molecule has 1 N–H and O–H groups in total. The third-order valence-electron chi connectivity index (χ3n) is 2.72. The lowest BCUT2D eigenvalue weighted by Gasteiger charge is -2.12. The topological polar surface area (TPSA) is 55.2 Å². The van der Waals surface area contributed by atoms with Crippen molar-refractivity contribution in [1.29, 1.82) is 0 Å². The molecule has 0 aliphatic heterocycles. The largest absolute Gasteiger partial charge is 0.379 e. The van der Waals surface area contributed by atoms with Crippen molar-refractivity contribution in [3.8, 4) is 0 Å². The molecule has 2 aromatic carbocycles. The second-order valence-corrected chi connectivity index (χ2v) is 7.52. The summed E-state index contributed by atoms with van der Waals surface area (Å²) in [5, 5.41) is 14.2. The molecule has 0 atom stereocenters. The molecule has 0 unspecified atom stereocenters. The highest BCUT2D eigenvalue weighted by atomic mass is 79.9. The van der Waals surface area contributed by atoms with E-state index in [0.29, 0.717) is 11.0 Å². The van der Waals surface area contributed by atoms with Crippen LogP contribution in [0.3, 0.4) is 0 Å². The summed E-state index contributed by atoms with van der Waals surface area (Å²) in [6, 6.07) is 8.83. The fraction of sp³-hybridized carbons (Fsp3) is 0.0769. The third kappa shape index (κ3) is 4.06. The maximum atomic E-state index is 10.9. The number of rotatable bonds is 4. The van der Waals surface area contributed by atoms with E-state index in [2.05, 4.69) is 69.0 Å². The second kappa shape index (κ2) is 7.21. The molecule has 0 bridgehead atoms. The molecule has 8 heteroatoms. The maximum Gasteiger partial charge on any atom is 0.283 e. The average Bonchev–Trinajstić information content (AvgIpc) is 2.38. The van der Waals surface area contributed by atoms with Crippen molar-refractivity contribution >= 4 is 75.1 Å². The predicted octanol–water partition coefficient (Wildman–Crippen LogP) is 6.26. The molecule has 0 fully saturated rings. The van der Waals surface area contributed by atoms with E-state index in [1.54, 1.807) is 6.07 Å². The van der Waals surface area contributed by atoms with E-state index in [1.165, 1.54) is 6.07 Å². The van der Waals surface area contributed by atoms with Crippen LogP contribution in [0.1, 0.15) is 5.56 Å². The van der Waals surface area contributed by atoms with Gasteiger partial charge in [0.05, 0.1) is 10.6 Å². The van der Waals surface area contributed by atoms with Gasteiger partial charge in [0, 0.05) is 26.0 Å². The molecule has 4 nitrogen and oxygen atoms in total. The van der Waals surface area contributed by atoms with Gasteiger partial charge in [0.1, 0.15) is 4.47 Å². The smallest absolute Gasteiger partial charge is 0.283 e. The number of nitro groups is 1. The van der Waals surface area contributed by atoms with Crippen LogP contribution >= 0.6 is 63.7 Å². The van der Waals surface area contributed by atoms with Crippen molar-refractivity contribution in [3.05, 3.63) is 63.9 Å². The van der Waals surface area contributed by atoms with Gasteiger partial charge >= 0.3 is 0 Å². The van der Waals surface area contributed by atoms with E-state index in [1.807, 2.05) is 18.2 Å². The van der Waals surface area contributed by atoms with Crippen molar-refractivity contribution < 1.29 is 4.92 Å². The molecule has 0 amide bonds. The van der Waals surface area contributed by atoms with Crippen LogP contribution in [-0.2, 0) is 6.54 Å². The molecule has 0 saturated heterocycles. The summed E-state index contributed by atoms with van der Waals surface area (Å²) < 4.78 is 3.23. The van der Waals surface area contributed by atoms with E-state index < -0.39 is 4.92 Å². The van der Waals surface area contributed by atoms with Gasteiger partial charge in [-0.2, -0.15) is 0 Å². The molecule has 0 aliphatic carbocycles. The van der Waals surface area contributed by atoms with Crippen molar-refractivity contribution in [2.75, 3.05) is 5.32 Å². The Morgan fingerprint density at radius 1 is 1.10 bits per heavy atom. The minimum Gasteiger partial charge on any atom is -0.379 e. The molecule has 0 spiro atoms. The van der Waals surface area contributed by atoms with Gasteiger partial charge in [-0.1, -0.05) is 28.1 Å². The number of halogens is 4. The highest BCUT2D eigenvalue weighted by molar-refractivity contribution is 9.11. The fourth-order valence-corrected chi connectivity index (χ4v) is 4.83. The quantitative estimate of drug-likeness (QED) is 0.366. The Morgan fingerprint density at radius 3 is 2.29 bits per heavy atom. The average molecular weight is 544 g/mol. The number of anilines is 1. The molecule has 21 heavy (non-hydrogen) atoms. The summed E-state index contributed by atoms with van der Waals surface area (Å²) in [4.78, 5) is 10.5. The van der Waals surface area contributed by atoms with Crippen molar-refractivity contribution in [2.24, 2.45) is 0 Å². The molecule has 2 aromatic rings. The molecular formula is C13H8Br4N2O2. The van der Waals surface area contributed by atoms with Crippen molar-refractivity contribution in [2.45, 2.75) is 6.54 Å². The molecule has 0 aromatic heterocycles. The molecular weight excluding hydrogens is 536 g/mol. The van der Waals surface area contributed by atoms with Crippen LogP contribution in [0.5, 0.6) is 0 Å². The first-order valence-corrected chi connectivity index (χ1v) is 8.87. The number of nitrogens with one attached hydrogen (secondary N) is 1. The van der Waals surface area contributed by atoms with Gasteiger partial charge in [0.25, 0.3) is 5.69 Å². The Hall–Kier alpha value is -0.440. The Balaban J connectivity index is 2.25. The number of hydrogen-bond donors (Lipinski definition) is 1. The summed E-state index contributed by atoms with van der Waals surface area (Å²) in [5.41, 5.74) is 1.76. The van der Waals surface area contributed by atoms with E-state index in [0.717, 1.165) is 24.7 Å². The third-order valence-corrected chi connectivity index (χ3v) is 5.34. The van der Waals surface area contributed by atoms with Crippen LogP contribution in [-0.4, -0.2) is 4.92 Å². The van der Waals surface area contributed by atoms with Gasteiger partial charge < -0.3 is 5.32 Å². The highest BCUT2D eigenvalue weighted by Crippen LogP contribution is 2.35. The van der Waals surface area contributed by atoms with Crippen LogP contribution < -0.4 is 5.32 Å². The lowest BCUT2D eigenvalue weighted by molar-refractivity contribution is -0.385. The standard InChI is InChI=1S/C13H8Br4N2O2/c14-8-4-9(15)13(10(16)5-8)18-6-7-2-1-3-11(12(7)17)19(20)21/h1-5,18H,6H2. The lowest BCUT2D eigenvalue weighted by atomic mass is 10.2. The van der Waals surface area contributed by atoms with Gasteiger partial charge in [0.2, 0.25) is 0 Å². The zero-order valence-corrected chi connectivity index (χ0v) is 16.7. The summed E-state index contributed by atoms with van der Waals surface area (Å²) in [6.07, 6.45) is 0. The zero-order chi connectivity index (χ0) is 15.6. The second-order valence-electron chi connectivity index (χ2n) is 4.11. The van der Waals surface area contributed by atoms with Gasteiger partial charge in [-0.25, -0.2) is 0 Å². The zero-order valence-electron chi connectivity index (χ0n) is 10.4. The van der Waals surface area contributed by atoms with Gasteiger partial charge in [-0.15, -0.1) is 0 Å². The Labute approximate surface area is 155 Å². The highest BCUT2D eigenvalue weighted by Gasteiger charge is 2.15. The van der Waals surface area contributed by atoms with E-state index in [-0.39, 0.29) is 5.69 Å². The van der Waals surface area contributed by atoms with Crippen LogP contribution in [0, 0.1) is 10.1 Å². The first-order chi connectivity index (χ1) is 9.90. The summed E-state index contributed by atoms with van der Waals surface area (Å²) in [6.45, 7) is 0.459. The van der Waals surface area contributed by atoms with Crippen LogP contribution in [0.25, 0.3) is 0 Å². The minimum absolute atomic E-state index is 0.0586. The fourth-order valence-electron chi connectivity index (χ4n) is 1.74. The van der Waals surface area contributed by atoms with E-state index in [9.17, 15) is 10.1 Å². The summed E-state index contributed by atoms with van der Waals surface area (Å²) >= 11 is 13.7. The van der Waals surface area contributed by atoms with Crippen molar-refractivity contribution in [3.63, 3.8) is 0 Å². The van der Waals surface area contributed by atoms with E-state index >= 15 is 0 Å². The SMILES string of the molecule is O=[N+]([O-])c1cccc(CNc2c(Br)cc(Br)cc2Br)c1Br. The molecule has 2 rings (SSSR count). The van der Waals surface area contributed by atoms with Crippen LogP contribution in [0.4, 0.5) is 11.4 Å². The number of hydrogen-bond acceptors (Lipinski definition) is 3. The molecule has 0 aliphatic rings. The molecule has 0 saturated carbocycles. The molecule has 0 radical (unpaired) electrons. The normalized spacial score (nSPS) is 10.5. The minimum atomic E-state index is -0.404. The Bertz CT molecular complexity index is 684. The monoisotopic (exact) mass is 540 g/mol. The number of benzene rings is 2. The van der Waals surface area contributed by atoms with Crippen molar-refractivity contribution in [1.82, 2.24) is 0 Å². The van der Waals surface area contributed by atoms with Gasteiger partial charge in [0.15, 0.2) is 0 Å². The molecule has 0 heterocycles. The first-order valence-electron chi connectivity index (χ1n) is 5.70. The lowest BCUT2D eigenvalue weighted by Crippen LogP contribution is -2.03. The summed E-state index contributed by atoms with van der Waals surface area (Å²) in [5.74, 6) is 0. The van der Waals surface area contributed by atoms with Crippen LogP contribution in [0.2, 0.25) is 0 Å². The first kappa shape index (κ1) is 16.9. The summed E-state index contributed by atoms with van der Waals surface area (Å²) in [7, 11) is 0. The molecule has 110 valence electrons. The number of nitro benzene ring substituents is 1.